The summed E-state index contributed by atoms with van der Waals surface area (Å²) in [5.74, 6) is -1.91. The Hall–Kier alpha value is -4.85. The molecule has 0 unspecified atom stereocenters. The lowest BCUT2D eigenvalue weighted by molar-refractivity contribution is -0.135. The molecule has 8 nitrogen and oxygen atoms in total. The van der Waals surface area contributed by atoms with Crippen molar-refractivity contribution in [3.63, 3.8) is 0 Å². The quantitative estimate of drug-likeness (QED) is 0.196. The summed E-state index contributed by atoms with van der Waals surface area (Å²) in [6.45, 7) is 0. The third-order valence-electron chi connectivity index (χ3n) is 6.22. The van der Waals surface area contributed by atoms with Gasteiger partial charge in [-0.05, 0) is 29.8 Å². The van der Waals surface area contributed by atoms with Crippen LogP contribution in [0.3, 0.4) is 0 Å². The molecule has 6 rings (SSSR count). The normalized spacial score (nSPS) is 15.2. The minimum Gasteiger partial charge on any atom is -0.507 e. The molecular weight excluding hydrogens is 450 g/mol. The van der Waals surface area contributed by atoms with Crippen molar-refractivity contribution in [1.82, 2.24) is 4.98 Å². The molecule has 3 aromatic carbocycles. The summed E-state index contributed by atoms with van der Waals surface area (Å²) >= 11 is 0. The first-order valence-electron chi connectivity index (χ1n) is 10.8. The summed E-state index contributed by atoms with van der Waals surface area (Å²) in [6.07, 6.45) is 1.65. The molecule has 8 heteroatoms. The molecule has 2 aromatic heterocycles. The molecule has 1 aliphatic heterocycles. The fraction of sp³-hybridized carbons (Fsp3) is 0.0741. The van der Waals surface area contributed by atoms with E-state index in [1.807, 2.05) is 30.3 Å². The van der Waals surface area contributed by atoms with Crippen LogP contribution in [-0.4, -0.2) is 26.3 Å². The summed E-state index contributed by atoms with van der Waals surface area (Å²) in [5.41, 5.74) is 1.79. The van der Waals surface area contributed by atoms with Gasteiger partial charge >= 0.3 is 5.97 Å². The lowest BCUT2D eigenvalue weighted by atomic mass is 9.84. The van der Waals surface area contributed by atoms with Crippen LogP contribution in [-0.2, 0) is 4.79 Å². The van der Waals surface area contributed by atoms with E-state index in [1.165, 1.54) is 30.3 Å². The average molecular weight is 467 g/mol. The first-order valence-corrected chi connectivity index (χ1v) is 10.8. The summed E-state index contributed by atoms with van der Waals surface area (Å²) in [6, 6.07) is 15.9. The molecule has 0 saturated heterocycles. The van der Waals surface area contributed by atoms with Crippen LogP contribution in [0.5, 0.6) is 23.0 Å². The molecule has 0 aliphatic carbocycles. The Morgan fingerprint density at radius 3 is 2.54 bits per heavy atom. The Morgan fingerprint density at radius 1 is 0.886 bits per heavy atom. The van der Waals surface area contributed by atoms with Gasteiger partial charge in [0.1, 0.15) is 28.2 Å². The largest absolute Gasteiger partial charge is 0.507 e. The van der Waals surface area contributed by atoms with Crippen molar-refractivity contribution < 1.29 is 29.3 Å². The summed E-state index contributed by atoms with van der Waals surface area (Å²) < 4.78 is 11.6. The van der Waals surface area contributed by atoms with Gasteiger partial charge in [0, 0.05) is 40.8 Å². The van der Waals surface area contributed by atoms with E-state index in [-0.39, 0.29) is 46.1 Å². The van der Waals surface area contributed by atoms with Gasteiger partial charge in [-0.2, -0.15) is 0 Å². The maximum Gasteiger partial charge on any atom is 0.312 e. The van der Waals surface area contributed by atoms with Crippen LogP contribution in [0.1, 0.15) is 23.5 Å². The minimum absolute atomic E-state index is 0.0174. The van der Waals surface area contributed by atoms with Crippen molar-refractivity contribution >= 4 is 27.8 Å². The maximum absolute atomic E-state index is 13.1. The van der Waals surface area contributed by atoms with Crippen molar-refractivity contribution in [2.24, 2.45) is 0 Å². The Balaban J connectivity index is 1.68. The Kier molecular flexibility index (Phi) is 4.50. The molecule has 172 valence electrons. The predicted octanol–water partition coefficient (Wildman–Crippen LogP) is 4.57. The number of aromatic hydroxyl groups is 3. The number of para-hydroxylation sites is 1. The van der Waals surface area contributed by atoms with E-state index in [9.17, 15) is 24.9 Å². The smallest absolute Gasteiger partial charge is 0.312 e. The van der Waals surface area contributed by atoms with E-state index in [0.717, 1.165) is 10.9 Å². The zero-order valence-corrected chi connectivity index (χ0v) is 18.1. The van der Waals surface area contributed by atoms with Crippen molar-refractivity contribution in [1.29, 1.82) is 0 Å². The number of aromatic nitrogens is 1. The first kappa shape index (κ1) is 20.7. The van der Waals surface area contributed by atoms with E-state index in [4.69, 9.17) is 9.15 Å². The SMILES string of the molecule is O=C1C[C@@H](c2cccc3cccnc23)c2c(cc(O)c3c(=O)cc(-c4ccc(O)c(O)c4)oc23)O1. The number of carbonyl (C=O) groups excluding carboxylic acids is 1. The predicted molar refractivity (Wildman–Crippen MR) is 127 cm³/mol. The number of hydrogen-bond acceptors (Lipinski definition) is 8. The second kappa shape index (κ2) is 7.59. The molecule has 0 spiro atoms. The number of phenolic OH excluding ortho intramolecular Hbond substituents is 3. The number of phenols is 3. The number of nitrogens with zero attached hydrogens (tertiary/aromatic N) is 1. The molecule has 35 heavy (non-hydrogen) atoms. The topological polar surface area (TPSA) is 130 Å². The number of ether oxygens (including phenoxy) is 1. The average Bonchev–Trinajstić information content (AvgIpc) is 2.84. The molecule has 1 atom stereocenters. The second-order valence-corrected chi connectivity index (χ2v) is 8.34. The monoisotopic (exact) mass is 467 g/mol. The Labute approximate surface area is 197 Å². The van der Waals surface area contributed by atoms with Crippen molar-refractivity contribution in [3.8, 4) is 34.3 Å². The zero-order chi connectivity index (χ0) is 24.3. The third kappa shape index (κ3) is 3.26. The van der Waals surface area contributed by atoms with Gasteiger partial charge in [0.25, 0.3) is 0 Å². The summed E-state index contributed by atoms with van der Waals surface area (Å²) in [5, 5.41) is 31.0. The van der Waals surface area contributed by atoms with Crippen LogP contribution < -0.4 is 10.2 Å². The van der Waals surface area contributed by atoms with E-state index in [0.29, 0.717) is 16.6 Å². The van der Waals surface area contributed by atoms with E-state index in [2.05, 4.69) is 4.98 Å². The van der Waals surface area contributed by atoms with Crippen LogP contribution in [0.4, 0.5) is 0 Å². The van der Waals surface area contributed by atoms with E-state index in [1.54, 1.807) is 6.20 Å². The zero-order valence-electron chi connectivity index (χ0n) is 18.1. The molecule has 0 fully saturated rings. The number of pyridine rings is 1. The van der Waals surface area contributed by atoms with Crippen LogP contribution >= 0.6 is 0 Å². The fourth-order valence-corrected chi connectivity index (χ4v) is 4.65. The van der Waals surface area contributed by atoms with Crippen LogP contribution in [0, 0.1) is 0 Å². The molecular formula is C27H17NO7. The van der Waals surface area contributed by atoms with Crippen LogP contribution in [0.15, 0.2) is 76.1 Å². The van der Waals surface area contributed by atoms with Crippen LogP contribution in [0.25, 0.3) is 33.2 Å². The molecule has 1 aliphatic rings. The number of esters is 1. The Bertz CT molecular complexity index is 1730. The lowest BCUT2D eigenvalue weighted by Gasteiger charge is -2.26. The molecule has 0 bridgehead atoms. The molecule has 0 radical (unpaired) electrons. The first-order chi connectivity index (χ1) is 16.9. The third-order valence-corrected chi connectivity index (χ3v) is 6.22. The summed E-state index contributed by atoms with van der Waals surface area (Å²) in [7, 11) is 0. The van der Waals surface area contributed by atoms with Gasteiger partial charge in [-0.25, -0.2) is 0 Å². The van der Waals surface area contributed by atoms with Gasteiger partial charge in [0.15, 0.2) is 16.9 Å². The number of fused-ring (bicyclic) bond motifs is 4. The van der Waals surface area contributed by atoms with Gasteiger partial charge in [-0.15, -0.1) is 0 Å². The molecule has 3 N–H and O–H groups in total. The molecule has 0 amide bonds. The Morgan fingerprint density at radius 2 is 1.71 bits per heavy atom. The highest BCUT2D eigenvalue weighted by molar-refractivity contribution is 5.94. The lowest BCUT2D eigenvalue weighted by Crippen LogP contribution is -2.22. The van der Waals surface area contributed by atoms with Gasteiger partial charge in [-0.1, -0.05) is 24.3 Å². The number of hydrogen-bond donors (Lipinski definition) is 3. The minimum atomic E-state index is -0.556. The highest BCUT2D eigenvalue weighted by Gasteiger charge is 2.34. The van der Waals surface area contributed by atoms with Crippen molar-refractivity contribution in [2.75, 3.05) is 0 Å². The number of rotatable bonds is 2. The van der Waals surface area contributed by atoms with Gasteiger partial charge in [0.05, 0.1) is 11.9 Å². The molecule has 5 aromatic rings. The van der Waals surface area contributed by atoms with Crippen LogP contribution in [0.2, 0.25) is 0 Å². The highest BCUT2D eigenvalue weighted by Crippen LogP contribution is 2.47. The highest BCUT2D eigenvalue weighted by atomic mass is 16.5. The maximum atomic E-state index is 13.1. The van der Waals surface area contributed by atoms with E-state index >= 15 is 0 Å². The van der Waals surface area contributed by atoms with Crippen molar-refractivity contribution in [3.05, 3.63) is 88.2 Å². The van der Waals surface area contributed by atoms with Gasteiger partial charge < -0.3 is 24.5 Å². The number of carbonyl (C=O) groups is 1. The fourth-order valence-electron chi connectivity index (χ4n) is 4.65. The van der Waals surface area contributed by atoms with Gasteiger partial charge in [0.2, 0.25) is 0 Å². The number of benzene rings is 3. The standard InChI is InChI=1S/C27H17NO7/c29-17-7-6-14(9-18(17)30)21-11-19(31)25-20(32)12-22-24(27(25)35-21)16(10-23(33)34-22)15-5-1-3-13-4-2-8-28-26(13)15/h1-9,11-12,16,29-30,32H,10H2/t16-/m0/s1. The van der Waals surface area contributed by atoms with E-state index < -0.39 is 17.3 Å². The molecule has 0 saturated carbocycles. The van der Waals surface area contributed by atoms with Gasteiger partial charge in [-0.3, -0.25) is 14.6 Å². The van der Waals surface area contributed by atoms with Crippen molar-refractivity contribution in [2.45, 2.75) is 12.3 Å². The molecule has 3 heterocycles. The summed E-state index contributed by atoms with van der Waals surface area (Å²) in [4.78, 5) is 30.2. The second-order valence-electron chi connectivity index (χ2n) is 8.34.